The van der Waals surface area contributed by atoms with Crippen molar-refractivity contribution in [2.24, 2.45) is 17.8 Å². The Morgan fingerprint density at radius 3 is 1.18 bits per heavy atom. The normalized spacial score (nSPS) is 25.9. The highest BCUT2D eigenvalue weighted by Gasteiger charge is 2.64. The summed E-state index contributed by atoms with van der Waals surface area (Å²) in [6, 6.07) is 8.56. The Bertz CT molecular complexity index is 5650. The summed E-state index contributed by atoms with van der Waals surface area (Å²) in [6.07, 6.45) is 25.8. The lowest BCUT2D eigenvalue weighted by molar-refractivity contribution is -0.146. The molecule has 42 nitrogen and oxygen atoms in total. The summed E-state index contributed by atoms with van der Waals surface area (Å²) in [4.78, 5) is 171. The first-order valence-electron chi connectivity index (χ1n) is 46.9. The van der Waals surface area contributed by atoms with E-state index in [0.29, 0.717) is 101 Å². The Hall–Kier alpha value is -9.14. The van der Waals surface area contributed by atoms with Crippen molar-refractivity contribution in [1.82, 2.24) is 112 Å². The van der Waals surface area contributed by atoms with Gasteiger partial charge in [-0.25, -0.2) is 33.4 Å². The van der Waals surface area contributed by atoms with E-state index in [1.54, 1.807) is 127 Å². The number of alkyl carbamates (subject to hydrolysis) is 3. The number of hydrogen-bond donors (Lipinski definition) is 9. The Kier molecular flexibility index (Phi) is 51.0. The zero-order chi connectivity index (χ0) is 100. The summed E-state index contributed by atoms with van der Waals surface area (Å²) in [5.41, 5.74) is -4.76. The van der Waals surface area contributed by atoms with Gasteiger partial charge in [0, 0.05) is 74.0 Å². The average Bonchev–Trinajstić information content (AvgIpc) is 1.59. The number of aliphatic carboxylic acids is 3. The summed E-state index contributed by atoms with van der Waals surface area (Å²) < 4.78 is 30.6. The smallest absolute Gasteiger partial charge is 0.408 e. The number of ether oxygens (including phenoxy) is 5. The van der Waals surface area contributed by atoms with Crippen LogP contribution in [0.3, 0.4) is 0 Å². The second-order valence-electron chi connectivity index (χ2n) is 39.2. The molecule has 148 heavy (non-hydrogen) atoms. The minimum Gasteiger partial charge on any atom is -0.488 e. The summed E-state index contributed by atoms with van der Waals surface area (Å²) in [7, 11) is 0. The van der Waals surface area contributed by atoms with Crippen LogP contribution in [0.4, 0.5) is 14.4 Å². The monoisotopic (exact) mass is 2370 g/mol. The third-order valence-corrected chi connectivity index (χ3v) is 26.9. The van der Waals surface area contributed by atoms with Crippen molar-refractivity contribution in [1.29, 1.82) is 0 Å². The number of thioether (sulfide) groups is 1. The van der Waals surface area contributed by atoms with Crippen molar-refractivity contribution in [2.75, 3.05) is 38.4 Å². The number of allylic oxidation sites excluding steroid dienone is 3. The van der Waals surface area contributed by atoms with Crippen LogP contribution in [0.25, 0.3) is 34.3 Å². The van der Waals surface area contributed by atoms with E-state index in [1.165, 1.54) is 24.3 Å². The van der Waals surface area contributed by atoms with E-state index in [2.05, 4.69) is 122 Å². The molecule has 6 aromatic rings. The number of benzene rings is 2. The quantitative estimate of drug-likeness (QED) is 0.0219. The molecule has 15 atom stereocenters. The zero-order valence-corrected chi connectivity index (χ0v) is 96.9. The standard InChI is InChI=1S/C33H42BrN7O7.C32H42BrN7O7S.C29H38N8O6.9H2S/c1-5-15-47-26-14-13-20(16-23(26)34)27-37-39-41(38-27)22-17-25-28(42)36-33(30(44)45)18-21(33)11-9-7-6-8-10-12-24(29(43)40(25)19-22)35-31(46)48-32(2,3)4;1-31(2,3)47-30(45)34-23-11-9-7-5-6-8-10-20-16-32(20,29(43)44)35-27(41)24-15-21(17-39(24)28(23)42)40-37-26(36-38-40)19-12-13-25(22(33)14-19)46-18-48-4;1-28(2,3)43-27(42)31-21-13-8-6-4-5-7-11-18-16-29(18,26(40)41)32-24(38)22-15-19(17-36(22)25(21)39)37-23(33-34-35-37)20-12-9-10-14-30-20;;;;;;;;;/h5,9,11,13-14,16,21-22,24-25H,1,6-8,10,12,15,17-19H2,2-4H3,(H,35,46)(H,36,42)(H,44,45);8,10,12-14,20-21,23-24H,5-7,9,11,15-18H2,1-4H3,(H,34,45)(H,35,41)(H,43,44);7,9-12,14,18-19,21-22H,4-6,8,13,15-17H2,1-3H3,(H,31,42)(H,32,38)(H,40,41);9*1H2/b11-9-;10-8-;11-7-;;;;;;;;;/t21-,22-,24+,25+,33-;20-,21-,23+,24+,32-;18-,19-,21+,22+,29-;;;;;;;;;/m111........./s1. The molecule has 820 valence electrons. The fourth-order valence-corrected chi connectivity index (χ4v) is 19.2. The molecule has 9 aliphatic rings. The number of amides is 9. The first kappa shape index (κ1) is 131. The Morgan fingerprint density at radius 2 is 0.845 bits per heavy atom. The molecule has 2 aromatic carbocycles. The largest absolute Gasteiger partial charge is 0.488 e. The van der Waals surface area contributed by atoms with Crippen LogP contribution in [0, 0.1) is 17.8 Å². The fraction of sp³-hybridized carbons (Fsp3) is 0.574. The van der Waals surface area contributed by atoms with Crippen molar-refractivity contribution in [3.63, 3.8) is 0 Å². The number of pyridine rings is 1. The molecule has 10 heterocycles. The molecule has 6 aliphatic heterocycles. The lowest BCUT2D eigenvalue weighted by Gasteiger charge is -2.30. The zero-order valence-electron chi connectivity index (χ0n) is 83.9. The summed E-state index contributed by atoms with van der Waals surface area (Å²) in [5.74, 6) is -4.68. The third-order valence-electron chi connectivity index (χ3n) is 25.3. The van der Waals surface area contributed by atoms with Gasteiger partial charge in [0.05, 0.1) is 27.1 Å². The molecule has 0 radical (unpaired) electrons. The minimum atomic E-state index is -1.44. The maximum absolute atomic E-state index is 14.2. The van der Waals surface area contributed by atoms with Crippen LogP contribution in [0.2, 0.25) is 0 Å². The first-order chi connectivity index (χ1) is 66.1. The maximum Gasteiger partial charge on any atom is 0.408 e. The lowest BCUT2D eigenvalue weighted by atomic mass is 10.0. The number of halogens is 2. The van der Waals surface area contributed by atoms with E-state index >= 15 is 0 Å². The number of carbonyl (C=O) groups is 12. The average molecular weight is 2380 g/mol. The van der Waals surface area contributed by atoms with Crippen LogP contribution in [0.5, 0.6) is 11.5 Å². The van der Waals surface area contributed by atoms with Gasteiger partial charge in [0.1, 0.15) is 99.4 Å². The first-order valence-corrected chi connectivity index (χ1v) is 49.9. The second-order valence-corrected chi connectivity index (χ2v) is 41.7. The summed E-state index contributed by atoms with van der Waals surface area (Å²) >= 11 is 8.58. The number of rotatable bonds is 18. The molecule has 9 amide bonds. The van der Waals surface area contributed by atoms with Crippen LogP contribution in [0.15, 0.2) is 119 Å². The number of carboxylic acid groups (broad SMARTS) is 3. The highest BCUT2D eigenvalue weighted by Crippen LogP contribution is 2.49. The van der Waals surface area contributed by atoms with Gasteiger partial charge in [0.25, 0.3) is 0 Å². The summed E-state index contributed by atoms with van der Waals surface area (Å²) in [6.45, 7) is 19.8. The Morgan fingerprint density at radius 1 is 0.486 bits per heavy atom. The van der Waals surface area contributed by atoms with Crippen LogP contribution in [-0.4, -0.2) is 275 Å². The second kappa shape index (κ2) is 57.5. The van der Waals surface area contributed by atoms with Crippen molar-refractivity contribution < 1.29 is 96.5 Å². The van der Waals surface area contributed by atoms with E-state index in [-0.39, 0.29) is 197 Å². The number of fused-ring (bicyclic) bond motifs is 6. The lowest BCUT2D eigenvalue weighted by Crippen LogP contribution is -2.56. The maximum atomic E-state index is 14.2. The number of nitrogens with zero attached hydrogens (tertiary/aromatic N) is 16. The van der Waals surface area contributed by atoms with Crippen LogP contribution in [-0.2, 0) is 57.4 Å². The van der Waals surface area contributed by atoms with Gasteiger partial charge in [0.15, 0.2) is 0 Å². The van der Waals surface area contributed by atoms with E-state index in [0.717, 1.165) is 62.3 Å². The van der Waals surface area contributed by atoms with Gasteiger partial charge in [-0.3, -0.25) is 33.8 Å². The molecule has 0 unspecified atom stereocenters. The fourth-order valence-electron chi connectivity index (χ4n) is 18.0. The Balaban J connectivity index is 0.000000449. The number of carboxylic acids is 3. The molecular weight excluding hydrogens is 2240 g/mol. The van der Waals surface area contributed by atoms with Gasteiger partial charge in [-0.2, -0.15) is 131 Å². The SMILES string of the molecule is C=CCOc1ccc(-c2nnn([C@@H]3C[C@H]4C(=O)N[C@]5(C(=O)O)C[C@H]5/C=C\CCCCC[C@H](NC(=O)OC(C)(C)C)C(=O)N4C3)n2)cc1Br.CC(C)(C)OC(=O)N[C@H]1CCCCC/C=C\[C@@H]2C[C@@]2(C(=O)O)NC(=O)[C@@H]2C[C@@H](n3nnnc3-c3ccccn3)CN2C1=O.CSCOc1ccc(-c2nnn([C@@H]3C[C@H]4C(=O)N[C@]5(C(=O)O)C[C@H]5/C=C\CCCCC[C@H](NC(=O)OC(C)(C)C)C(=O)N4C3)n2)cc1Br.S.S.S.S.S.S.S.S.S. The van der Waals surface area contributed by atoms with E-state index in [9.17, 15) is 72.9 Å². The van der Waals surface area contributed by atoms with Gasteiger partial charge in [-0.1, -0.05) is 93.7 Å². The van der Waals surface area contributed by atoms with Crippen molar-refractivity contribution in [3.05, 3.63) is 119 Å². The van der Waals surface area contributed by atoms with Gasteiger partial charge in [-0.05, 0) is 247 Å². The topological polar surface area (TPSA) is 537 Å². The molecule has 15 rings (SSSR count). The Labute approximate surface area is 943 Å². The molecule has 0 spiro atoms. The van der Waals surface area contributed by atoms with Gasteiger partial charge < -0.3 is 85.6 Å². The highest BCUT2D eigenvalue weighted by molar-refractivity contribution is 9.11. The number of carbonyl (C=O) groups excluding carboxylic acids is 9. The molecule has 9 N–H and O–H groups in total. The number of hydrogen-bond acceptors (Lipinski definition) is 28. The molecule has 3 saturated heterocycles. The highest BCUT2D eigenvalue weighted by atomic mass is 79.9. The minimum absolute atomic E-state index is 0. The van der Waals surface area contributed by atoms with Crippen molar-refractivity contribution in [2.45, 2.75) is 285 Å². The number of nitrogens with one attached hydrogen (secondary N) is 6. The summed E-state index contributed by atoms with van der Waals surface area (Å²) in [5, 5.41) is 85.0. The number of tetrazole rings is 3. The molecule has 54 heteroatoms. The van der Waals surface area contributed by atoms with E-state index < -0.39 is 159 Å². The van der Waals surface area contributed by atoms with Crippen LogP contribution < -0.4 is 41.4 Å². The molecule has 4 aromatic heterocycles. The molecule has 3 saturated carbocycles. The molecular formula is C94H140Br2N22O20S10. The van der Waals surface area contributed by atoms with Gasteiger partial charge >= 0.3 is 36.2 Å². The molecule has 0 bridgehead atoms. The van der Waals surface area contributed by atoms with E-state index in [4.69, 9.17) is 23.7 Å². The molecule has 3 aliphatic carbocycles. The predicted octanol–water partition coefficient (Wildman–Crippen LogP) is 11.8. The number of aromatic nitrogens is 13. The predicted molar refractivity (Wildman–Crippen MR) is 605 cm³/mol. The van der Waals surface area contributed by atoms with Crippen molar-refractivity contribution >= 4 is 237 Å². The van der Waals surface area contributed by atoms with Gasteiger partial charge in [0.2, 0.25) is 52.9 Å². The van der Waals surface area contributed by atoms with E-state index in [1.807, 2.05) is 60.9 Å². The third kappa shape index (κ3) is 33.7. The van der Waals surface area contributed by atoms with Gasteiger partial charge in [-0.15, -0.1) is 37.3 Å². The molecule has 6 fully saturated rings. The van der Waals surface area contributed by atoms with Crippen molar-refractivity contribution in [3.8, 4) is 45.8 Å². The van der Waals surface area contributed by atoms with Crippen LogP contribution >= 0.6 is 165 Å². The van der Waals surface area contributed by atoms with Crippen LogP contribution in [0.1, 0.15) is 215 Å².